The smallest absolute Gasteiger partial charge is 0.462 e. The van der Waals surface area contributed by atoms with Gasteiger partial charge in [-0.2, -0.15) is 0 Å². The monoisotopic (exact) mass is 606 g/mol. The van der Waals surface area contributed by atoms with Crippen molar-refractivity contribution in [1.29, 1.82) is 0 Å². The third-order valence-corrected chi connectivity index (χ3v) is 7.72. The van der Waals surface area contributed by atoms with Crippen LogP contribution in [0, 0.1) is 11.8 Å². The van der Waals surface area contributed by atoms with E-state index in [0.29, 0.717) is 6.42 Å². The topological polar surface area (TPSA) is 119 Å². The van der Waals surface area contributed by atoms with Crippen LogP contribution in [0.1, 0.15) is 163 Å². The van der Waals surface area contributed by atoms with Crippen molar-refractivity contribution in [3.05, 3.63) is 0 Å². The van der Waals surface area contributed by atoms with Gasteiger partial charge in [-0.05, 0) is 24.7 Å². The molecule has 0 radical (unpaired) electrons. The van der Waals surface area contributed by atoms with Crippen LogP contribution >= 0.6 is 7.82 Å². The molecule has 244 valence electrons. The maximum absolute atomic E-state index is 12.3. The molecule has 0 bridgehead atoms. The van der Waals surface area contributed by atoms with E-state index < -0.39 is 32.5 Å². The first-order valence-corrected chi connectivity index (χ1v) is 18.1. The summed E-state index contributed by atoms with van der Waals surface area (Å²) < 4.78 is 26.2. The molecule has 1 atom stereocenters. The Labute approximate surface area is 251 Å². The summed E-state index contributed by atoms with van der Waals surface area (Å²) in [5.74, 6) is 0.662. The highest BCUT2D eigenvalue weighted by molar-refractivity contribution is 7.46. The number of phosphoric ester groups is 1. The summed E-state index contributed by atoms with van der Waals surface area (Å²) in [6.07, 6.45) is 21.4. The van der Waals surface area contributed by atoms with Crippen LogP contribution < -0.4 is 0 Å². The lowest BCUT2D eigenvalue weighted by molar-refractivity contribution is -0.161. The summed E-state index contributed by atoms with van der Waals surface area (Å²) >= 11 is 0. The van der Waals surface area contributed by atoms with Crippen LogP contribution in [0.4, 0.5) is 0 Å². The fourth-order valence-electron chi connectivity index (χ4n) is 4.74. The lowest BCUT2D eigenvalue weighted by atomic mass is 10.0. The number of esters is 2. The maximum Gasteiger partial charge on any atom is 0.469 e. The first-order chi connectivity index (χ1) is 19.5. The molecular weight excluding hydrogens is 543 g/mol. The highest BCUT2D eigenvalue weighted by atomic mass is 31.2. The minimum Gasteiger partial charge on any atom is -0.462 e. The quantitative estimate of drug-likeness (QED) is 0.0492. The molecule has 0 spiro atoms. The van der Waals surface area contributed by atoms with Crippen LogP contribution in [0.5, 0.6) is 0 Å². The molecule has 0 unspecified atom stereocenters. The Morgan fingerprint density at radius 3 is 1.32 bits per heavy atom. The number of phosphoric acid groups is 1. The van der Waals surface area contributed by atoms with Gasteiger partial charge in [-0.3, -0.25) is 14.1 Å². The number of hydrogen-bond acceptors (Lipinski definition) is 6. The molecule has 0 heterocycles. The zero-order chi connectivity index (χ0) is 30.8. The highest BCUT2D eigenvalue weighted by Crippen LogP contribution is 2.36. The van der Waals surface area contributed by atoms with Crippen LogP contribution in [-0.2, 0) is 28.2 Å². The molecule has 2 N–H and O–H groups in total. The SMILES string of the molecule is CC(C)CCCCCCCCCCCCCC(=O)O[C@H](COC(=O)CCCCCCCCC(C)C)COP(=O)(O)O. The van der Waals surface area contributed by atoms with E-state index in [0.717, 1.165) is 56.8 Å². The molecule has 0 saturated carbocycles. The zero-order valence-corrected chi connectivity index (χ0v) is 27.7. The largest absolute Gasteiger partial charge is 0.469 e. The molecule has 0 aromatic heterocycles. The molecule has 0 rings (SSSR count). The molecule has 0 aliphatic heterocycles. The summed E-state index contributed by atoms with van der Waals surface area (Å²) in [4.78, 5) is 42.4. The number of carbonyl (C=O) groups excluding carboxylic acids is 2. The minimum atomic E-state index is -4.73. The Kier molecular flexibility index (Phi) is 26.0. The van der Waals surface area contributed by atoms with Crippen LogP contribution in [0.3, 0.4) is 0 Å². The van der Waals surface area contributed by atoms with E-state index in [4.69, 9.17) is 19.3 Å². The van der Waals surface area contributed by atoms with Crippen molar-refractivity contribution in [3.8, 4) is 0 Å². The van der Waals surface area contributed by atoms with Gasteiger partial charge < -0.3 is 19.3 Å². The average molecular weight is 607 g/mol. The normalized spacial score (nSPS) is 12.7. The Hall–Kier alpha value is -0.950. The summed E-state index contributed by atoms with van der Waals surface area (Å²) in [7, 11) is -4.73. The van der Waals surface area contributed by atoms with E-state index in [1.807, 2.05) is 0 Å². The van der Waals surface area contributed by atoms with Gasteiger partial charge in [0, 0.05) is 12.8 Å². The van der Waals surface area contributed by atoms with E-state index in [1.54, 1.807) is 0 Å². The predicted octanol–water partition coefficient (Wildman–Crippen LogP) is 9.05. The Morgan fingerprint density at radius 1 is 0.561 bits per heavy atom. The van der Waals surface area contributed by atoms with Gasteiger partial charge >= 0.3 is 19.8 Å². The highest BCUT2D eigenvalue weighted by Gasteiger charge is 2.22. The number of carbonyl (C=O) groups is 2. The number of rotatable bonds is 29. The second-order valence-corrected chi connectivity index (χ2v) is 13.7. The summed E-state index contributed by atoms with van der Waals surface area (Å²) in [6.45, 7) is 8.22. The number of ether oxygens (including phenoxy) is 2. The lowest BCUT2D eigenvalue weighted by Gasteiger charge is -2.18. The fraction of sp³-hybridized carbons (Fsp3) is 0.938. The Bertz CT molecular complexity index is 677. The van der Waals surface area contributed by atoms with Crippen molar-refractivity contribution in [2.75, 3.05) is 13.2 Å². The van der Waals surface area contributed by atoms with E-state index in [-0.39, 0.29) is 19.4 Å². The summed E-state index contributed by atoms with van der Waals surface area (Å²) in [5, 5.41) is 0. The second kappa shape index (κ2) is 26.7. The first kappa shape index (κ1) is 40.1. The van der Waals surface area contributed by atoms with E-state index in [9.17, 15) is 14.2 Å². The predicted molar refractivity (Wildman–Crippen MR) is 165 cm³/mol. The van der Waals surface area contributed by atoms with Crippen molar-refractivity contribution < 1.29 is 37.9 Å². The zero-order valence-electron chi connectivity index (χ0n) is 26.8. The molecule has 0 fully saturated rings. The third kappa shape index (κ3) is 31.8. The van der Waals surface area contributed by atoms with Crippen LogP contribution in [-0.4, -0.2) is 41.0 Å². The molecule has 0 amide bonds. The van der Waals surface area contributed by atoms with E-state index >= 15 is 0 Å². The molecule has 0 aliphatic rings. The first-order valence-electron chi connectivity index (χ1n) is 16.5. The molecule has 0 saturated heterocycles. The molecule has 0 aromatic rings. The Morgan fingerprint density at radius 2 is 0.927 bits per heavy atom. The van der Waals surface area contributed by atoms with Crippen molar-refractivity contribution in [1.82, 2.24) is 0 Å². The minimum absolute atomic E-state index is 0.216. The molecular formula is C32H63O8P. The second-order valence-electron chi connectivity index (χ2n) is 12.5. The van der Waals surface area contributed by atoms with Gasteiger partial charge in [0.15, 0.2) is 6.10 Å². The van der Waals surface area contributed by atoms with Gasteiger partial charge in [-0.1, -0.05) is 137 Å². The van der Waals surface area contributed by atoms with Gasteiger partial charge in [0.25, 0.3) is 0 Å². The van der Waals surface area contributed by atoms with Crippen LogP contribution in [0.25, 0.3) is 0 Å². The van der Waals surface area contributed by atoms with Gasteiger partial charge in [0.05, 0.1) is 6.61 Å². The van der Waals surface area contributed by atoms with E-state index in [2.05, 4.69) is 32.2 Å². The third-order valence-electron chi connectivity index (χ3n) is 7.23. The van der Waals surface area contributed by atoms with Crippen molar-refractivity contribution in [2.24, 2.45) is 11.8 Å². The molecule has 41 heavy (non-hydrogen) atoms. The van der Waals surface area contributed by atoms with Crippen LogP contribution in [0.15, 0.2) is 0 Å². The fourth-order valence-corrected chi connectivity index (χ4v) is 5.10. The lowest BCUT2D eigenvalue weighted by Crippen LogP contribution is -2.29. The van der Waals surface area contributed by atoms with Gasteiger partial charge in [-0.15, -0.1) is 0 Å². The molecule has 9 heteroatoms. The maximum atomic E-state index is 12.3. The number of unbranched alkanes of at least 4 members (excludes halogenated alkanes) is 15. The van der Waals surface area contributed by atoms with Gasteiger partial charge in [-0.25, -0.2) is 4.57 Å². The van der Waals surface area contributed by atoms with Crippen molar-refractivity contribution >= 4 is 19.8 Å². The van der Waals surface area contributed by atoms with Crippen molar-refractivity contribution in [3.63, 3.8) is 0 Å². The molecule has 0 aromatic carbocycles. The van der Waals surface area contributed by atoms with E-state index in [1.165, 1.54) is 70.6 Å². The van der Waals surface area contributed by atoms with Crippen LogP contribution in [0.2, 0.25) is 0 Å². The Balaban J connectivity index is 4.00. The van der Waals surface area contributed by atoms with Gasteiger partial charge in [0.2, 0.25) is 0 Å². The van der Waals surface area contributed by atoms with Gasteiger partial charge in [0.1, 0.15) is 6.61 Å². The summed E-state index contributed by atoms with van der Waals surface area (Å²) in [6, 6.07) is 0. The molecule has 8 nitrogen and oxygen atoms in total. The molecule has 0 aliphatic carbocycles. The van der Waals surface area contributed by atoms with Crippen molar-refractivity contribution in [2.45, 2.75) is 169 Å². The number of hydrogen-bond donors (Lipinski definition) is 2. The average Bonchev–Trinajstić information content (AvgIpc) is 2.89. The summed E-state index contributed by atoms with van der Waals surface area (Å²) in [5.41, 5.74) is 0. The standard InChI is InChI=1S/C32H63O8P/c1-28(2)22-18-14-10-8-6-5-7-9-11-17-21-25-32(34)40-30(27-39-41(35,36)37)26-38-31(33)24-20-16-13-12-15-19-23-29(3)4/h28-30H,5-27H2,1-4H3,(H2,35,36,37)/t30-/m1/s1.